The standard InChI is InChI=1S/C15H18FN3O/c1-9-6-7-19(8-9)13-5-4-12(14(16)10(13)2)15-17-11(3)20-18-15/h4-5,9H,6-8H2,1-3H3/t9-/m1/s1. The summed E-state index contributed by atoms with van der Waals surface area (Å²) in [5.41, 5.74) is 2.02. The van der Waals surface area contributed by atoms with E-state index in [4.69, 9.17) is 4.52 Å². The lowest BCUT2D eigenvalue weighted by atomic mass is 10.1. The Balaban J connectivity index is 1.99. The second kappa shape index (κ2) is 4.89. The van der Waals surface area contributed by atoms with Gasteiger partial charge in [-0.3, -0.25) is 0 Å². The molecular formula is C15H18FN3O. The maximum absolute atomic E-state index is 14.6. The smallest absolute Gasteiger partial charge is 0.223 e. The van der Waals surface area contributed by atoms with Gasteiger partial charge < -0.3 is 9.42 Å². The van der Waals surface area contributed by atoms with Crippen molar-refractivity contribution in [1.82, 2.24) is 10.1 Å². The van der Waals surface area contributed by atoms with Crippen molar-refractivity contribution in [2.45, 2.75) is 27.2 Å². The molecule has 5 heteroatoms. The molecule has 0 spiro atoms. The van der Waals surface area contributed by atoms with E-state index in [1.807, 2.05) is 13.0 Å². The maximum Gasteiger partial charge on any atom is 0.223 e. The minimum atomic E-state index is -0.261. The minimum Gasteiger partial charge on any atom is -0.371 e. The van der Waals surface area contributed by atoms with Crippen molar-refractivity contribution in [2.75, 3.05) is 18.0 Å². The van der Waals surface area contributed by atoms with Crippen LogP contribution in [0.3, 0.4) is 0 Å². The number of nitrogens with zero attached hydrogens (tertiary/aromatic N) is 3. The quantitative estimate of drug-likeness (QED) is 0.843. The predicted molar refractivity (Wildman–Crippen MR) is 75.2 cm³/mol. The van der Waals surface area contributed by atoms with Crippen molar-refractivity contribution < 1.29 is 8.91 Å². The van der Waals surface area contributed by atoms with Gasteiger partial charge in [0.15, 0.2) is 0 Å². The van der Waals surface area contributed by atoms with E-state index >= 15 is 0 Å². The van der Waals surface area contributed by atoms with Crippen LogP contribution in [0.25, 0.3) is 11.4 Å². The molecule has 0 amide bonds. The fourth-order valence-corrected chi connectivity index (χ4v) is 2.75. The molecule has 2 aromatic rings. The number of hydrogen-bond acceptors (Lipinski definition) is 4. The van der Waals surface area contributed by atoms with Crippen LogP contribution >= 0.6 is 0 Å². The summed E-state index contributed by atoms with van der Waals surface area (Å²) < 4.78 is 19.5. The SMILES string of the molecule is Cc1nc(-c2ccc(N3CC[C@@H](C)C3)c(C)c2F)no1. The second-order valence-corrected chi connectivity index (χ2v) is 5.55. The molecule has 2 heterocycles. The highest BCUT2D eigenvalue weighted by Crippen LogP contribution is 2.32. The molecule has 1 atom stereocenters. The number of benzene rings is 1. The third-order valence-electron chi connectivity index (χ3n) is 3.89. The molecule has 4 nitrogen and oxygen atoms in total. The fraction of sp³-hybridized carbons (Fsp3) is 0.467. The van der Waals surface area contributed by atoms with Gasteiger partial charge in [0.2, 0.25) is 11.7 Å². The molecule has 0 bridgehead atoms. The van der Waals surface area contributed by atoms with Crippen LogP contribution < -0.4 is 4.90 Å². The first kappa shape index (κ1) is 13.1. The number of hydrogen-bond donors (Lipinski definition) is 0. The summed E-state index contributed by atoms with van der Waals surface area (Å²) in [6, 6.07) is 3.70. The zero-order chi connectivity index (χ0) is 14.3. The Morgan fingerprint density at radius 1 is 1.35 bits per heavy atom. The van der Waals surface area contributed by atoms with Gasteiger partial charge in [-0.05, 0) is 31.4 Å². The van der Waals surface area contributed by atoms with Crippen molar-refractivity contribution in [3.63, 3.8) is 0 Å². The Bertz CT molecular complexity index is 638. The number of aromatic nitrogens is 2. The summed E-state index contributed by atoms with van der Waals surface area (Å²) in [5.74, 6) is 1.15. The molecule has 0 radical (unpaired) electrons. The molecule has 0 N–H and O–H groups in total. The van der Waals surface area contributed by atoms with Crippen LogP contribution in [0.5, 0.6) is 0 Å². The van der Waals surface area contributed by atoms with Crippen molar-refractivity contribution in [2.24, 2.45) is 5.92 Å². The Hall–Kier alpha value is -1.91. The van der Waals surface area contributed by atoms with Gasteiger partial charge in [-0.2, -0.15) is 4.98 Å². The molecule has 1 aliphatic rings. The predicted octanol–water partition coefficient (Wildman–Crippen LogP) is 3.34. The summed E-state index contributed by atoms with van der Waals surface area (Å²) in [6.45, 7) is 7.70. The largest absolute Gasteiger partial charge is 0.371 e. The number of aryl methyl sites for hydroxylation is 1. The third-order valence-corrected chi connectivity index (χ3v) is 3.89. The van der Waals surface area contributed by atoms with Crippen LogP contribution in [-0.4, -0.2) is 23.2 Å². The summed E-state index contributed by atoms with van der Waals surface area (Å²) in [4.78, 5) is 6.34. The average molecular weight is 275 g/mol. The van der Waals surface area contributed by atoms with E-state index in [1.165, 1.54) is 0 Å². The molecule has 1 fully saturated rings. The molecule has 1 aromatic carbocycles. The Kier molecular flexibility index (Phi) is 3.20. The topological polar surface area (TPSA) is 42.2 Å². The molecule has 0 aliphatic carbocycles. The van der Waals surface area contributed by atoms with Crippen LogP contribution in [0.2, 0.25) is 0 Å². The number of rotatable bonds is 2. The number of anilines is 1. The second-order valence-electron chi connectivity index (χ2n) is 5.55. The first-order valence-electron chi connectivity index (χ1n) is 6.91. The first-order chi connectivity index (χ1) is 9.56. The average Bonchev–Trinajstić information content (AvgIpc) is 3.02. The monoisotopic (exact) mass is 275 g/mol. The lowest BCUT2D eigenvalue weighted by Crippen LogP contribution is -2.20. The summed E-state index contributed by atoms with van der Waals surface area (Å²) in [7, 11) is 0. The summed E-state index contributed by atoms with van der Waals surface area (Å²) in [5, 5.41) is 3.79. The van der Waals surface area contributed by atoms with Crippen molar-refractivity contribution in [3.05, 3.63) is 29.4 Å². The highest BCUT2D eigenvalue weighted by molar-refractivity contribution is 5.65. The third kappa shape index (κ3) is 2.17. The van der Waals surface area contributed by atoms with Gasteiger partial charge in [0, 0.05) is 31.3 Å². The molecule has 3 rings (SSSR count). The molecule has 106 valence electrons. The van der Waals surface area contributed by atoms with Gasteiger partial charge in [-0.25, -0.2) is 4.39 Å². The van der Waals surface area contributed by atoms with E-state index < -0.39 is 0 Å². The Morgan fingerprint density at radius 3 is 2.75 bits per heavy atom. The molecule has 0 unspecified atom stereocenters. The van der Waals surface area contributed by atoms with Crippen molar-refractivity contribution in [1.29, 1.82) is 0 Å². The van der Waals surface area contributed by atoms with Crippen molar-refractivity contribution in [3.8, 4) is 11.4 Å². The normalized spacial score (nSPS) is 18.8. The Morgan fingerprint density at radius 2 is 2.15 bits per heavy atom. The van der Waals surface area contributed by atoms with Crippen LogP contribution in [-0.2, 0) is 0 Å². The molecule has 0 saturated carbocycles. The van der Waals surface area contributed by atoms with E-state index in [-0.39, 0.29) is 5.82 Å². The van der Waals surface area contributed by atoms with Gasteiger partial charge in [0.25, 0.3) is 0 Å². The molecule has 20 heavy (non-hydrogen) atoms. The number of halogens is 1. The van der Waals surface area contributed by atoms with Gasteiger partial charge >= 0.3 is 0 Å². The van der Waals surface area contributed by atoms with Gasteiger partial charge in [-0.1, -0.05) is 12.1 Å². The van der Waals surface area contributed by atoms with Crippen LogP contribution in [0.1, 0.15) is 24.8 Å². The van der Waals surface area contributed by atoms with Crippen LogP contribution in [0.4, 0.5) is 10.1 Å². The van der Waals surface area contributed by atoms with E-state index in [0.29, 0.717) is 28.8 Å². The lowest BCUT2D eigenvalue weighted by Gasteiger charge is -2.21. The van der Waals surface area contributed by atoms with E-state index in [2.05, 4.69) is 22.0 Å². The summed E-state index contributed by atoms with van der Waals surface area (Å²) >= 11 is 0. The van der Waals surface area contributed by atoms with Crippen LogP contribution in [0.15, 0.2) is 16.7 Å². The first-order valence-corrected chi connectivity index (χ1v) is 6.91. The van der Waals surface area contributed by atoms with Crippen LogP contribution in [0, 0.1) is 25.6 Å². The molecule has 1 aromatic heterocycles. The van der Waals surface area contributed by atoms with E-state index in [0.717, 1.165) is 25.2 Å². The maximum atomic E-state index is 14.6. The summed E-state index contributed by atoms with van der Waals surface area (Å²) in [6.07, 6.45) is 1.16. The molecule has 1 saturated heterocycles. The van der Waals surface area contributed by atoms with Gasteiger partial charge in [0.05, 0.1) is 5.56 Å². The van der Waals surface area contributed by atoms with Gasteiger partial charge in [-0.15, -0.1) is 0 Å². The zero-order valence-electron chi connectivity index (χ0n) is 12.0. The van der Waals surface area contributed by atoms with Gasteiger partial charge in [0.1, 0.15) is 5.82 Å². The highest BCUT2D eigenvalue weighted by Gasteiger charge is 2.23. The highest BCUT2D eigenvalue weighted by atomic mass is 19.1. The zero-order valence-corrected chi connectivity index (χ0v) is 12.0. The lowest BCUT2D eigenvalue weighted by molar-refractivity contribution is 0.394. The molecule has 1 aliphatic heterocycles. The van der Waals surface area contributed by atoms with E-state index in [1.54, 1.807) is 13.0 Å². The minimum absolute atomic E-state index is 0.261. The Labute approximate surface area is 117 Å². The van der Waals surface area contributed by atoms with E-state index in [9.17, 15) is 4.39 Å². The fourth-order valence-electron chi connectivity index (χ4n) is 2.75. The molecular weight excluding hydrogens is 257 g/mol. The van der Waals surface area contributed by atoms with Crippen molar-refractivity contribution >= 4 is 5.69 Å².